The maximum Gasteiger partial charge on any atom is 0.253 e. The van der Waals surface area contributed by atoms with Crippen LogP contribution in [-0.2, 0) is 5.75 Å². The maximum atomic E-state index is 11.2. The molecule has 2 rings (SSSR count). The zero-order valence-corrected chi connectivity index (χ0v) is 11.4. The van der Waals surface area contributed by atoms with Gasteiger partial charge in [-0.15, -0.1) is 0 Å². The molecule has 1 aromatic carbocycles. The molecule has 0 fully saturated rings. The number of anilines is 1. The van der Waals surface area contributed by atoms with Crippen molar-refractivity contribution in [2.45, 2.75) is 10.9 Å². The lowest BCUT2D eigenvalue weighted by molar-refractivity contribution is 0.945. The van der Waals surface area contributed by atoms with E-state index in [1.54, 1.807) is 18.2 Å². The van der Waals surface area contributed by atoms with Crippen molar-refractivity contribution in [3.63, 3.8) is 0 Å². The molecule has 7 heteroatoms. The first kappa shape index (κ1) is 13.3. The molecule has 2 aromatic rings. The summed E-state index contributed by atoms with van der Waals surface area (Å²) in [5.74, 6) is 0.691. The van der Waals surface area contributed by atoms with Gasteiger partial charge in [0.25, 0.3) is 5.56 Å². The monoisotopic (exact) mass is 301 g/mol. The van der Waals surface area contributed by atoms with Crippen LogP contribution in [-0.4, -0.2) is 9.97 Å². The smallest absolute Gasteiger partial charge is 0.253 e. The number of halogens is 2. The normalized spacial score (nSPS) is 10.6. The third-order valence-corrected chi connectivity index (χ3v) is 3.76. The molecule has 0 spiro atoms. The van der Waals surface area contributed by atoms with Crippen molar-refractivity contribution in [2.75, 3.05) is 5.73 Å². The number of H-pyrrole nitrogens is 1. The number of rotatable bonds is 3. The molecule has 0 bridgehead atoms. The SMILES string of the molecule is Nc1cc(=O)[nH]c(SCc2c(Cl)cccc2Cl)n1. The van der Waals surface area contributed by atoms with E-state index in [4.69, 9.17) is 28.9 Å². The van der Waals surface area contributed by atoms with Gasteiger partial charge < -0.3 is 10.7 Å². The minimum absolute atomic E-state index is 0.187. The average Bonchev–Trinajstić information content (AvgIpc) is 2.27. The Labute approximate surface area is 118 Å². The molecular formula is C11H9Cl2N3OS. The molecule has 18 heavy (non-hydrogen) atoms. The van der Waals surface area contributed by atoms with Gasteiger partial charge in [-0.1, -0.05) is 41.0 Å². The Bertz CT molecular complexity index is 610. The van der Waals surface area contributed by atoms with Crippen LogP contribution in [0.1, 0.15) is 5.56 Å². The van der Waals surface area contributed by atoms with E-state index in [2.05, 4.69) is 9.97 Å². The van der Waals surface area contributed by atoms with Crippen LogP contribution >= 0.6 is 35.0 Å². The Hall–Kier alpha value is -1.17. The predicted octanol–water partition coefficient (Wildman–Crippen LogP) is 2.95. The van der Waals surface area contributed by atoms with Gasteiger partial charge in [0, 0.05) is 21.9 Å². The van der Waals surface area contributed by atoms with Crippen molar-refractivity contribution in [2.24, 2.45) is 0 Å². The summed E-state index contributed by atoms with van der Waals surface area (Å²) in [7, 11) is 0. The summed E-state index contributed by atoms with van der Waals surface area (Å²) in [6, 6.07) is 6.53. The molecule has 0 radical (unpaired) electrons. The highest BCUT2D eigenvalue weighted by Gasteiger charge is 2.07. The van der Waals surface area contributed by atoms with Gasteiger partial charge in [-0.25, -0.2) is 4.98 Å². The molecule has 94 valence electrons. The molecule has 3 N–H and O–H groups in total. The molecule has 0 saturated carbocycles. The molecule has 0 amide bonds. The van der Waals surface area contributed by atoms with Gasteiger partial charge in [0.2, 0.25) is 0 Å². The molecule has 0 aliphatic rings. The molecular weight excluding hydrogens is 293 g/mol. The summed E-state index contributed by atoms with van der Waals surface area (Å²) in [5, 5.41) is 1.61. The minimum Gasteiger partial charge on any atom is -0.383 e. The third kappa shape index (κ3) is 3.19. The molecule has 1 heterocycles. The van der Waals surface area contributed by atoms with E-state index in [-0.39, 0.29) is 11.4 Å². The number of nitrogens with zero attached hydrogens (tertiary/aromatic N) is 1. The zero-order chi connectivity index (χ0) is 13.1. The first-order valence-corrected chi connectivity index (χ1v) is 6.73. The summed E-state index contributed by atoms with van der Waals surface area (Å²) in [4.78, 5) is 17.8. The van der Waals surface area contributed by atoms with E-state index in [9.17, 15) is 4.79 Å². The number of hydrogen-bond donors (Lipinski definition) is 2. The highest BCUT2D eigenvalue weighted by molar-refractivity contribution is 7.98. The Morgan fingerprint density at radius 2 is 2.00 bits per heavy atom. The topological polar surface area (TPSA) is 71.8 Å². The van der Waals surface area contributed by atoms with Crippen LogP contribution in [0.2, 0.25) is 10.0 Å². The lowest BCUT2D eigenvalue weighted by Crippen LogP contribution is -2.09. The van der Waals surface area contributed by atoms with Gasteiger partial charge in [-0.2, -0.15) is 0 Å². The van der Waals surface area contributed by atoms with Gasteiger partial charge in [-0.3, -0.25) is 4.79 Å². The Balaban J connectivity index is 2.19. The fourth-order valence-corrected chi connectivity index (χ4v) is 2.96. The van der Waals surface area contributed by atoms with Crippen molar-refractivity contribution >= 4 is 40.8 Å². The van der Waals surface area contributed by atoms with Crippen LogP contribution in [0.25, 0.3) is 0 Å². The Kier molecular flexibility index (Phi) is 4.16. The summed E-state index contributed by atoms with van der Waals surface area (Å²) in [6.45, 7) is 0. The quantitative estimate of drug-likeness (QED) is 0.675. The first-order valence-electron chi connectivity index (χ1n) is 4.99. The van der Waals surface area contributed by atoms with E-state index >= 15 is 0 Å². The third-order valence-electron chi connectivity index (χ3n) is 2.15. The van der Waals surface area contributed by atoms with Crippen LogP contribution in [0.5, 0.6) is 0 Å². The van der Waals surface area contributed by atoms with Gasteiger partial charge in [0.15, 0.2) is 5.16 Å². The van der Waals surface area contributed by atoms with Crippen LogP contribution in [0.3, 0.4) is 0 Å². The zero-order valence-electron chi connectivity index (χ0n) is 9.11. The number of nitrogens with one attached hydrogen (secondary N) is 1. The maximum absolute atomic E-state index is 11.2. The summed E-state index contributed by atoms with van der Waals surface area (Å²) < 4.78 is 0. The van der Waals surface area contributed by atoms with Crippen LogP contribution in [0, 0.1) is 0 Å². The summed E-state index contributed by atoms with van der Waals surface area (Å²) in [6.07, 6.45) is 0. The largest absolute Gasteiger partial charge is 0.383 e. The molecule has 0 aliphatic heterocycles. The van der Waals surface area contributed by atoms with E-state index < -0.39 is 0 Å². The average molecular weight is 302 g/mol. The van der Waals surface area contributed by atoms with Gasteiger partial charge in [0.1, 0.15) is 5.82 Å². The second-order valence-corrected chi connectivity index (χ2v) is 5.24. The molecule has 0 atom stereocenters. The van der Waals surface area contributed by atoms with Crippen molar-refractivity contribution in [3.05, 3.63) is 50.2 Å². The fraction of sp³-hybridized carbons (Fsp3) is 0.0909. The van der Waals surface area contributed by atoms with E-state index in [0.29, 0.717) is 21.0 Å². The highest BCUT2D eigenvalue weighted by Crippen LogP contribution is 2.29. The second kappa shape index (κ2) is 5.65. The standard InChI is InChI=1S/C11H9Cl2N3OS/c12-7-2-1-3-8(13)6(7)5-18-11-15-9(14)4-10(17)16-11/h1-4H,5H2,(H3,14,15,16,17). The molecule has 4 nitrogen and oxygen atoms in total. The van der Waals surface area contributed by atoms with Gasteiger partial charge in [0.05, 0.1) is 0 Å². The van der Waals surface area contributed by atoms with Crippen LogP contribution < -0.4 is 11.3 Å². The van der Waals surface area contributed by atoms with Gasteiger partial charge in [-0.05, 0) is 17.7 Å². The van der Waals surface area contributed by atoms with Gasteiger partial charge >= 0.3 is 0 Å². The first-order chi connectivity index (χ1) is 8.56. The minimum atomic E-state index is -0.282. The lowest BCUT2D eigenvalue weighted by atomic mass is 10.2. The summed E-state index contributed by atoms with van der Waals surface area (Å²) in [5.41, 5.74) is 6.01. The van der Waals surface area contributed by atoms with E-state index in [1.165, 1.54) is 17.8 Å². The number of benzene rings is 1. The van der Waals surface area contributed by atoms with E-state index in [1.807, 2.05) is 0 Å². The number of hydrogen-bond acceptors (Lipinski definition) is 4. The number of aromatic amines is 1. The molecule has 0 saturated heterocycles. The Morgan fingerprint density at radius 3 is 2.61 bits per heavy atom. The van der Waals surface area contributed by atoms with Crippen LogP contribution in [0.15, 0.2) is 34.2 Å². The predicted molar refractivity (Wildman–Crippen MR) is 75.3 cm³/mol. The number of nitrogens with two attached hydrogens (primary N) is 1. The van der Waals surface area contributed by atoms with Crippen LogP contribution in [0.4, 0.5) is 5.82 Å². The highest BCUT2D eigenvalue weighted by atomic mass is 35.5. The van der Waals surface area contributed by atoms with Crippen molar-refractivity contribution in [3.8, 4) is 0 Å². The number of thioether (sulfide) groups is 1. The lowest BCUT2D eigenvalue weighted by Gasteiger charge is -2.06. The number of nitrogen functional groups attached to an aromatic ring is 1. The second-order valence-electron chi connectivity index (χ2n) is 3.46. The Morgan fingerprint density at radius 1 is 1.33 bits per heavy atom. The number of aromatic nitrogens is 2. The summed E-state index contributed by atoms with van der Waals surface area (Å²) >= 11 is 13.4. The van der Waals surface area contributed by atoms with E-state index in [0.717, 1.165) is 5.56 Å². The molecule has 0 aliphatic carbocycles. The fourth-order valence-electron chi connectivity index (χ4n) is 1.33. The van der Waals surface area contributed by atoms with Crippen molar-refractivity contribution in [1.82, 2.24) is 9.97 Å². The van der Waals surface area contributed by atoms with Crippen molar-refractivity contribution in [1.29, 1.82) is 0 Å². The molecule has 1 aromatic heterocycles. The van der Waals surface area contributed by atoms with Crippen molar-refractivity contribution < 1.29 is 0 Å². The molecule has 0 unspecified atom stereocenters.